The number of carboxylic acid groups (broad SMARTS) is 1. The first kappa shape index (κ1) is 26.1. The van der Waals surface area contributed by atoms with Crippen molar-refractivity contribution >= 4 is 34.5 Å². The molecule has 0 unspecified atom stereocenters. The maximum absolute atomic E-state index is 11.2. The minimum atomic E-state index is -1.03. The van der Waals surface area contributed by atoms with Gasteiger partial charge in [-0.3, -0.25) is 4.90 Å². The molecule has 4 aromatic rings. The van der Waals surface area contributed by atoms with Gasteiger partial charge >= 0.3 is 5.97 Å². The van der Waals surface area contributed by atoms with Crippen molar-refractivity contribution in [2.45, 2.75) is 6.42 Å². The Labute approximate surface area is 226 Å². The van der Waals surface area contributed by atoms with Crippen molar-refractivity contribution < 1.29 is 24.1 Å². The third kappa shape index (κ3) is 7.31. The van der Waals surface area contributed by atoms with E-state index < -0.39 is 5.97 Å². The van der Waals surface area contributed by atoms with Crippen LogP contribution in [0.2, 0.25) is 0 Å². The van der Waals surface area contributed by atoms with Crippen LogP contribution in [0.1, 0.15) is 12.0 Å². The van der Waals surface area contributed by atoms with Crippen LogP contribution in [-0.2, 0) is 9.53 Å². The molecule has 2 heterocycles. The summed E-state index contributed by atoms with van der Waals surface area (Å²) in [5, 5.41) is 13.3. The molecule has 0 bridgehead atoms. The van der Waals surface area contributed by atoms with Crippen LogP contribution in [0, 0.1) is 0 Å². The lowest BCUT2D eigenvalue weighted by atomic mass is 10.1. The van der Waals surface area contributed by atoms with Crippen LogP contribution in [0.25, 0.3) is 17.0 Å². The van der Waals surface area contributed by atoms with Gasteiger partial charge in [-0.2, -0.15) is 0 Å². The van der Waals surface area contributed by atoms with E-state index in [0.717, 1.165) is 67.9 Å². The van der Waals surface area contributed by atoms with Crippen molar-refractivity contribution in [2.75, 3.05) is 44.8 Å². The van der Waals surface area contributed by atoms with E-state index in [4.69, 9.17) is 14.2 Å². The Morgan fingerprint density at radius 3 is 2.56 bits per heavy atom. The zero-order chi connectivity index (χ0) is 26.9. The van der Waals surface area contributed by atoms with Crippen LogP contribution in [0.5, 0.6) is 17.2 Å². The summed E-state index contributed by atoms with van der Waals surface area (Å²) in [5.41, 5.74) is 2.15. The number of carbonyl (C=O) groups is 1. The number of benzene rings is 3. The molecule has 0 radical (unpaired) electrons. The number of anilines is 2. The van der Waals surface area contributed by atoms with Crippen molar-refractivity contribution in [3.63, 3.8) is 0 Å². The van der Waals surface area contributed by atoms with Gasteiger partial charge in [0.05, 0.1) is 25.3 Å². The Bertz CT molecular complexity index is 1420. The fourth-order valence-corrected chi connectivity index (χ4v) is 4.28. The van der Waals surface area contributed by atoms with Gasteiger partial charge in [0.25, 0.3) is 0 Å². The van der Waals surface area contributed by atoms with Gasteiger partial charge in [0, 0.05) is 48.4 Å². The third-order valence-corrected chi connectivity index (χ3v) is 6.25. The molecule has 9 heteroatoms. The molecular weight excluding hydrogens is 496 g/mol. The SMILES string of the molecule is O=C(O)C=Cc1cc2c(Nc3ccc(Oc4ccccc4)cc3)ncnc2cc1OCCCN1CCOCC1. The molecule has 0 spiro atoms. The number of rotatable bonds is 11. The Hall–Kier alpha value is -4.47. The Kier molecular flexibility index (Phi) is 8.62. The van der Waals surface area contributed by atoms with Crippen LogP contribution in [-0.4, -0.2) is 65.4 Å². The lowest BCUT2D eigenvalue weighted by Crippen LogP contribution is -2.37. The van der Waals surface area contributed by atoms with E-state index >= 15 is 0 Å². The number of para-hydroxylation sites is 1. The monoisotopic (exact) mass is 526 g/mol. The average molecular weight is 527 g/mol. The number of carboxylic acids is 1. The van der Waals surface area contributed by atoms with E-state index in [9.17, 15) is 9.90 Å². The van der Waals surface area contributed by atoms with Gasteiger partial charge in [0.1, 0.15) is 29.4 Å². The molecule has 1 aliphatic rings. The summed E-state index contributed by atoms with van der Waals surface area (Å²) >= 11 is 0. The second-order valence-corrected chi connectivity index (χ2v) is 9.02. The van der Waals surface area contributed by atoms with Crippen LogP contribution >= 0.6 is 0 Å². The summed E-state index contributed by atoms with van der Waals surface area (Å²) in [6, 6.07) is 20.8. The predicted molar refractivity (Wildman–Crippen MR) is 150 cm³/mol. The molecule has 9 nitrogen and oxygen atoms in total. The Balaban J connectivity index is 1.32. The highest BCUT2D eigenvalue weighted by Gasteiger charge is 2.13. The van der Waals surface area contributed by atoms with E-state index in [1.54, 1.807) is 0 Å². The van der Waals surface area contributed by atoms with Crippen molar-refractivity contribution in [1.29, 1.82) is 0 Å². The number of fused-ring (bicyclic) bond motifs is 1. The lowest BCUT2D eigenvalue weighted by Gasteiger charge is -2.26. The standard InChI is InChI=1S/C30H30N4O5/c35-29(36)12-7-22-19-26-27(20-28(22)38-16-4-13-34-14-17-37-18-15-34)31-21-32-30(26)33-23-8-10-25(11-9-23)39-24-5-2-1-3-6-24/h1-3,5-12,19-21H,4,13-18H2,(H,35,36)(H,31,32,33). The quantitative estimate of drug-likeness (QED) is 0.197. The largest absolute Gasteiger partial charge is 0.493 e. The molecule has 39 heavy (non-hydrogen) atoms. The number of aromatic nitrogens is 2. The molecule has 0 atom stereocenters. The molecule has 2 N–H and O–H groups in total. The zero-order valence-corrected chi connectivity index (χ0v) is 21.5. The summed E-state index contributed by atoms with van der Waals surface area (Å²) in [5.74, 6) is 1.63. The number of nitrogens with zero attached hydrogens (tertiary/aromatic N) is 3. The minimum absolute atomic E-state index is 0.504. The number of morpholine rings is 1. The van der Waals surface area contributed by atoms with Gasteiger partial charge in [-0.1, -0.05) is 18.2 Å². The number of ether oxygens (including phenoxy) is 3. The smallest absolute Gasteiger partial charge is 0.328 e. The van der Waals surface area contributed by atoms with Gasteiger partial charge in [0.2, 0.25) is 0 Å². The summed E-state index contributed by atoms with van der Waals surface area (Å²) in [4.78, 5) is 22.5. The second kappa shape index (κ2) is 12.9. The van der Waals surface area contributed by atoms with Crippen LogP contribution in [0.15, 0.2) is 79.1 Å². The first-order valence-electron chi connectivity index (χ1n) is 12.9. The maximum Gasteiger partial charge on any atom is 0.328 e. The predicted octanol–water partition coefficient (Wildman–Crippen LogP) is 5.36. The van der Waals surface area contributed by atoms with E-state index in [1.165, 1.54) is 12.4 Å². The van der Waals surface area contributed by atoms with Gasteiger partial charge in [0.15, 0.2) is 0 Å². The first-order chi connectivity index (χ1) is 19.1. The summed E-state index contributed by atoms with van der Waals surface area (Å²) in [6.07, 6.45) is 4.98. The molecule has 200 valence electrons. The highest BCUT2D eigenvalue weighted by Crippen LogP contribution is 2.31. The molecule has 5 rings (SSSR count). The second-order valence-electron chi connectivity index (χ2n) is 9.02. The van der Waals surface area contributed by atoms with Crippen LogP contribution in [0.3, 0.4) is 0 Å². The maximum atomic E-state index is 11.2. The molecule has 1 aliphatic heterocycles. The number of aliphatic carboxylic acids is 1. The minimum Gasteiger partial charge on any atom is -0.493 e. The third-order valence-electron chi connectivity index (χ3n) is 6.25. The molecule has 1 saturated heterocycles. The van der Waals surface area contributed by atoms with Crippen molar-refractivity contribution in [3.05, 3.63) is 84.7 Å². The van der Waals surface area contributed by atoms with Gasteiger partial charge in [-0.25, -0.2) is 14.8 Å². The first-order valence-corrected chi connectivity index (χ1v) is 12.9. The molecular formula is C30H30N4O5. The number of nitrogens with one attached hydrogen (secondary N) is 1. The molecule has 1 fully saturated rings. The molecule has 0 saturated carbocycles. The molecule has 1 aromatic heterocycles. The Morgan fingerprint density at radius 1 is 1.03 bits per heavy atom. The summed E-state index contributed by atoms with van der Waals surface area (Å²) in [7, 11) is 0. The zero-order valence-electron chi connectivity index (χ0n) is 21.5. The van der Waals surface area contributed by atoms with Crippen molar-refractivity contribution in [1.82, 2.24) is 14.9 Å². The summed E-state index contributed by atoms with van der Waals surface area (Å²) in [6.45, 7) is 4.80. The fourth-order valence-electron chi connectivity index (χ4n) is 4.28. The highest BCUT2D eigenvalue weighted by molar-refractivity contribution is 5.95. The normalized spacial score (nSPS) is 13.9. The number of hydrogen-bond acceptors (Lipinski definition) is 8. The van der Waals surface area contributed by atoms with Crippen LogP contribution in [0.4, 0.5) is 11.5 Å². The highest BCUT2D eigenvalue weighted by atomic mass is 16.5. The number of hydrogen-bond donors (Lipinski definition) is 2. The van der Waals surface area contributed by atoms with Gasteiger partial charge in [-0.15, -0.1) is 0 Å². The fraction of sp³-hybridized carbons (Fsp3) is 0.233. The summed E-state index contributed by atoms with van der Waals surface area (Å²) < 4.78 is 17.4. The van der Waals surface area contributed by atoms with E-state index in [1.807, 2.05) is 66.7 Å². The molecule has 3 aromatic carbocycles. The lowest BCUT2D eigenvalue weighted by molar-refractivity contribution is -0.131. The van der Waals surface area contributed by atoms with E-state index in [0.29, 0.717) is 29.3 Å². The van der Waals surface area contributed by atoms with E-state index in [-0.39, 0.29) is 0 Å². The van der Waals surface area contributed by atoms with Crippen molar-refractivity contribution in [3.8, 4) is 17.2 Å². The molecule has 0 amide bonds. The topological polar surface area (TPSA) is 106 Å². The van der Waals surface area contributed by atoms with Crippen molar-refractivity contribution in [2.24, 2.45) is 0 Å². The van der Waals surface area contributed by atoms with E-state index in [2.05, 4.69) is 20.2 Å². The average Bonchev–Trinajstić information content (AvgIpc) is 2.96. The molecule has 0 aliphatic carbocycles. The van der Waals surface area contributed by atoms with Gasteiger partial charge in [-0.05, 0) is 55.0 Å². The Morgan fingerprint density at radius 2 is 1.79 bits per heavy atom. The van der Waals surface area contributed by atoms with Gasteiger partial charge < -0.3 is 24.6 Å². The van der Waals surface area contributed by atoms with Crippen LogP contribution < -0.4 is 14.8 Å².